The molecule has 0 N–H and O–H groups in total. The quantitative estimate of drug-likeness (QED) is 0.135. The fourth-order valence-electron chi connectivity index (χ4n) is 9.79. The van der Waals surface area contributed by atoms with Crippen LogP contribution in [-0.2, 0) is 53.0 Å². The Balaban J connectivity index is 0.000000168. The molecule has 12 heteroatoms. The second kappa shape index (κ2) is 19.6. The number of nitrogens with zero attached hydrogens (tertiary/aromatic N) is 7. The van der Waals surface area contributed by atoms with Crippen molar-refractivity contribution in [1.29, 1.82) is 0 Å². The largest absolute Gasteiger partial charge is 0.489 e. The molecule has 0 unspecified atom stereocenters. The fourth-order valence-corrected chi connectivity index (χ4v) is 9.79. The molecular formula is C55H60FN7O4. The van der Waals surface area contributed by atoms with Gasteiger partial charge in [0, 0.05) is 112 Å². The maximum atomic E-state index is 13.0. The van der Waals surface area contributed by atoms with Crippen LogP contribution in [0, 0.1) is 5.82 Å². The number of aryl methyl sites for hydroxylation is 2. The molecule has 2 aliphatic heterocycles. The lowest BCUT2D eigenvalue weighted by Gasteiger charge is -2.24. The molecule has 0 fully saturated rings. The van der Waals surface area contributed by atoms with E-state index in [4.69, 9.17) is 9.47 Å². The van der Waals surface area contributed by atoms with Crippen molar-refractivity contribution in [2.45, 2.75) is 78.7 Å². The maximum Gasteiger partial charge on any atom is 0.258 e. The summed E-state index contributed by atoms with van der Waals surface area (Å²) in [5.74, 6) is 0.644. The second-order valence-electron chi connectivity index (χ2n) is 18.3. The molecule has 346 valence electrons. The Bertz CT molecular complexity index is 3150. The molecule has 0 spiro atoms. The van der Waals surface area contributed by atoms with Crippen LogP contribution in [0.15, 0.2) is 131 Å². The van der Waals surface area contributed by atoms with Crippen LogP contribution in [-0.4, -0.2) is 71.3 Å². The van der Waals surface area contributed by atoms with Gasteiger partial charge < -0.3 is 28.4 Å². The predicted molar refractivity (Wildman–Crippen MR) is 265 cm³/mol. The molecule has 8 aromatic rings. The molecule has 0 radical (unpaired) electrons. The Morgan fingerprint density at radius 1 is 0.582 bits per heavy atom. The summed E-state index contributed by atoms with van der Waals surface area (Å²) in [5, 5.41) is 2.57. The molecule has 67 heavy (non-hydrogen) atoms. The van der Waals surface area contributed by atoms with Gasteiger partial charge in [0.05, 0.1) is 34.3 Å². The van der Waals surface area contributed by atoms with E-state index in [1.54, 1.807) is 39.7 Å². The molecule has 0 saturated heterocycles. The van der Waals surface area contributed by atoms with Gasteiger partial charge in [0.25, 0.3) is 11.1 Å². The van der Waals surface area contributed by atoms with E-state index in [1.807, 2.05) is 42.5 Å². The number of hydrogen-bond acceptors (Lipinski definition) is 7. The minimum Gasteiger partial charge on any atom is -0.489 e. The number of pyridine rings is 3. The Kier molecular flexibility index (Phi) is 13.3. The minimum atomic E-state index is -0.393. The average Bonchev–Trinajstić information content (AvgIpc) is 3.51. The standard InChI is InChI=1S/C28H31N3O2.C27H29FN4O2/c1-20(2)30-14-12-25-24-10-9-22(17-27(24)29(3)26(25)13-15-30)31-16-11-23(18-28(31)32)33-19-21-7-5-4-6-8-21;1-18(2)31-11-9-24-23-7-6-21(14-26(23)30(3)25(24)10-12-31)32-13-8-22(15-27(32)33)34-17-20-5-4-19(28)16-29-20/h4-11,16-18,20H,12-15,19H2,1-3H3;4-8,13-16,18H,9-12,17H2,1-3H3. The number of aromatic nitrogens is 5. The summed E-state index contributed by atoms with van der Waals surface area (Å²) in [6.07, 6.45) is 8.88. The molecular weight excluding hydrogens is 842 g/mol. The lowest BCUT2D eigenvalue weighted by molar-refractivity contribution is 0.232. The van der Waals surface area contributed by atoms with Crippen molar-refractivity contribution in [3.8, 4) is 22.9 Å². The van der Waals surface area contributed by atoms with Gasteiger partial charge in [-0.15, -0.1) is 0 Å². The van der Waals surface area contributed by atoms with Crippen molar-refractivity contribution in [1.82, 2.24) is 33.1 Å². The second-order valence-corrected chi connectivity index (χ2v) is 18.3. The van der Waals surface area contributed by atoms with Crippen molar-refractivity contribution >= 4 is 21.8 Å². The summed E-state index contributed by atoms with van der Waals surface area (Å²) in [6, 6.07) is 33.3. The molecule has 0 atom stereocenters. The van der Waals surface area contributed by atoms with Crippen LogP contribution in [0.25, 0.3) is 33.2 Å². The van der Waals surface area contributed by atoms with Crippen LogP contribution in [0.2, 0.25) is 0 Å². The highest BCUT2D eigenvalue weighted by Gasteiger charge is 2.24. The van der Waals surface area contributed by atoms with Gasteiger partial charge in [0.2, 0.25) is 0 Å². The van der Waals surface area contributed by atoms with E-state index in [1.165, 1.54) is 50.9 Å². The van der Waals surface area contributed by atoms with E-state index in [0.717, 1.165) is 80.5 Å². The Morgan fingerprint density at radius 2 is 1.07 bits per heavy atom. The Labute approximate surface area is 391 Å². The van der Waals surface area contributed by atoms with Crippen molar-refractivity contribution in [3.63, 3.8) is 0 Å². The van der Waals surface area contributed by atoms with Crippen LogP contribution >= 0.6 is 0 Å². The van der Waals surface area contributed by atoms with Crippen molar-refractivity contribution in [3.05, 3.63) is 182 Å². The molecule has 3 aromatic carbocycles. The third-order valence-electron chi connectivity index (χ3n) is 13.6. The molecule has 7 heterocycles. The van der Waals surface area contributed by atoms with Gasteiger partial charge in [-0.1, -0.05) is 42.5 Å². The van der Waals surface area contributed by atoms with E-state index in [-0.39, 0.29) is 17.7 Å². The molecule has 5 aromatic heterocycles. The number of halogens is 1. The highest BCUT2D eigenvalue weighted by Crippen LogP contribution is 2.32. The molecule has 11 nitrogen and oxygen atoms in total. The third kappa shape index (κ3) is 9.73. The van der Waals surface area contributed by atoms with Crippen LogP contribution in [0.5, 0.6) is 11.5 Å². The van der Waals surface area contributed by atoms with E-state index in [0.29, 0.717) is 35.9 Å². The maximum absolute atomic E-state index is 13.0. The van der Waals surface area contributed by atoms with Gasteiger partial charge in [-0.05, 0) is 106 Å². The van der Waals surface area contributed by atoms with Crippen LogP contribution in [0.4, 0.5) is 4.39 Å². The number of ether oxygens (including phenoxy) is 2. The zero-order chi connectivity index (χ0) is 46.8. The molecule has 0 saturated carbocycles. The first kappa shape index (κ1) is 45.4. The summed E-state index contributed by atoms with van der Waals surface area (Å²) < 4.78 is 32.4. The summed E-state index contributed by atoms with van der Waals surface area (Å²) >= 11 is 0. The Hall–Kier alpha value is -6.76. The molecule has 0 aliphatic carbocycles. The highest BCUT2D eigenvalue weighted by atomic mass is 19.1. The Morgan fingerprint density at radius 3 is 1.54 bits per heavy atom. The highest BCUT2D eigenvalue weighted by molar-refractivity contribution is 5.88. The van der Waals surface area contributed by atoms with Crippen molar-refractivity contribution < 1.29 is 13.9 Å². The summed E-state index contributed by atoms with van der Waals surface area (Å²) in [4.78, 5) is 34.8. The van der Waals surface area contributed by atoms with E-state index < -0.39 is 5.82 Å². The number of benzene rings is 3. The predicted octanol–water partition coefficient (Wildman–Crippen LogP) is 8.97. The molecule has 2 aliphatic rings. The van der Waals surface area contributed by atoms with Crippen LogP contribution < -0.4 is 20.6 Å². The third-order valence-corrected chi connectivity index (χ3v) is 13.6. The van der Waals surface area contributed by atoms with Crippen molar-refractivity contribution in [2.24, 2.45) is 14.1 Å². The summed E-state index contributed by atoms with van der Waals surface area (Å²) in [5.41, 5.74) is 11.1. The number of hydrogen-bond donors (Lipinski definition) is 0. The number of rotatable bonds is 10. The first-order valence-corrected chi connectivity index (χ1v) is 23.5. The van der Waals surface area contributed by atoms with Gasteiger partial charge in [0.1, 0.15) is 30.5 Å². The normalized spacial score (nSPS) is 14.4. The molecule has 0 bridgehead atoms. The fraction of sp³-hybridized carbons (Fsp3) is 0.327. The minimum absolute atomic E-state index is 0.0942. The first-order chi connectivity index (χ1) is 32.4. The number of fused-ring (bicyclic) bond motifs is 6. The van der Waals surface area contributed by atoms with Gasteiger partial charge in [-0.3, -0.25) is 23.7 Å². The van der Waals surface area contributed by atoms with Gasteiger partial charge >= 0.3 is 0 Å². The smallest absolute Gasteiger partial charge is 0.258 e. The summed E-state index contributed by atoms with van der Waals surface area (Å²) in [6.45, 7) is 14.0. The zero-order valence-corrected chi connectivity index (χ0v) is 39.4. The summed E-state index contributed by atoms with van der Waals surface area (Å²) in [7, 11) is 4.28. The van der Waals surface area contributed by atoms with Gasteiger partial charge in [-0.2, -0.15) is 0 Å². The average molecular weight is 902 g/mol. The van der Waals surface area contributed by atoms with Crippen LogP contribution in [0.3, 0.4) is 0 Å². The van der Waals surface area contributed by atoms with E-state index >= 15 is 0 Å². The van der Waals surface area contributed by atoms with E-state index in [2.05, 4.69) is 96.0 Å². The molecule has 0 amide bonds. The van der Waals surface area contributed by atoms with Gasteiger partial charge in [-0.25, -0.2) is 4.39 Å². The van der Waals surface area contributed by atoms with Crippen LogP contribution in [0.1, 0.15) is 61.5 Å². The van der Waals surface area contributed by atoms with E-state index in [9.17, 15) is 14.0 Å². The topological polar surface area (TPSA) is 91.7 Å². The van der Waals surface area contributed by atoms with Crippen molar-refractivity contribution in [2.75, 3.05) is 26.2 Å². The van der Waals surface area contributed by atoms with Gasteiger partial charge in [0.15, 0.2) is 0 Å². The SMILES string of the molecule is CC(C)N1CCc2c(n(C)c3cc(-n4ccc(OCc5ccc(F)cn5)cc4=O)ccc23)CC1.CC(C)N1CCc2c(n(C)c3cc(-n4ccc(OCc5ccccc5)cc4=O)ccc23)CC1. The lowest BCUT2D eigenvalue weighted by Crippen LogP contribution is -2.33. The zero-order valence-electron chi connectivity index (χ0n) is 39.4. The lowest BCUT2D eigenvalue weighted by atomic mass is 10.1. The first-order valence-electron chi connectivity index (χ1n) is 23.5. The molecule has 10 rings (SSSR count). The monoisotopic (exact) mass is 901 g/mol.